The number of nitrogen functional groups attached to an aromatic ring is 2. The van der Waals surface area contributed by atoms with Crippen LogP contribution in [-0.4, -0.2) is 43.4 Å². The van der Waals surface area contributed by atoms with Crippen LogP contribution in [0.2, 0.25) is 0 Å². The average Bonchev–Trinajstić information content (AvgIpc) is 2.84. The van der Waals surface area contributed by atoms with E-state index in [0.717, 1.165) is 59.5 Å². The molecule has 1 aliphatic rings. The molecular weight excluding hydrogens is 402 g/mol. The molecule has 0 atom stereocenters. The summed E-state index contributed by atoms with van der Waals surface area (Å²) < 4.78 is 10.6. The molecule has 2 aromatic heterocycles. The lowest BCUT2D eigenvalue weighted by atomic mass is 10.0. The van der Waals surface area contributed by atoms with Crippen molar-refractivity contribution in [2.24, 2.45) is 0 Å². The van der Waals surface area contributed by atoms with Crippen LogP contribution in [0.15, 0.2) is 60.8 Å². The number of ether oxygens (including phenoxy) is 2. The fourth-order valence-corrected chi connectivity index (χ4v) is 4.07. The van der Waals surface area contributed by atoms with E-state index in [-0.39, 0.29) is 0 Å². The quantitative estimate of drug-likeness (QED) is 0.508. The van der Waals surface area contributed by atoms with Gasteiger partial charge in [0.25, 0.3) is 0 Å². The molecule has 0 radical (unpaired) electrons. The highest BCUT2D eigenvalue weighted by Crippen LogP contribution is 2.33. The second-order valence-electron chi connectivity index (χ2n) is 7.80. The Balaban J connectivity index is 1.50. The number of pyridine rings is 2. The van der Waals surface area contributed by atoms with Crippen LogP contribution in [0.5, 0.6) is 5.88 Å². The SMILES string of the molecule is COc1ncc(-c2ccc3nc(N)c(-c4ccc(N5CCOCC5)cc4)cc3c2)cc1N. The molecule has 0 bridgehead atoms. The summed E-state index contributed by atoms with van der Waals surface area (Å²) in [5.41, 5.74) is 18.8. The number of fused-ring (bicyclic) bond motifs is 1. The number of benzene rings is 2. The monoisotopic (exact) mass is 427 g/mol. The van der Waals surface area contributed by atoms with Crippen molar-refractivity contribution < 1.29 is 9.47 Å². The third kappa shape index (κ3) is 3.78. The second kappa shape index (κ2) is 8.36. The van der Waals surface area contributed by atoms with Crippen molar-refractivity contribution in [3.8, 4) is 28.1 Å². The Bertz CT molecular complexity index is 1270. The van der Waals surface area contributed by atoms with Crippen molar-refractivity contribution in [2.75, 3.05) is 49.8 Å². The zero-order chi connectivity index (χ0) is 22.1. The van der Waals surface area contributed by atoms with Gasteiger partial charge in [-0.25, -0.2) is 9.97 Å². The van der Waals surface area contributed by atoms with Crippen molar-refractivity contribution in [3.05, 3.63) is 60.8 Å². The normalized spacial score (nSPS) is 14.0. The van der Waals surface area contributed by atoms with E-state index in [2.05, 4.69) is 51.3 Å². The first kappa shape index (κ1) is 20.1. The summed E-state index contributed by atoms with van der Waals surface area (Å²) in [6.45, 7) is 3.35. The fraction of sp³-hybridized carbons (Fsp3) is 0.200. The number of nitrogens with zero attached hydrogens (tertiary/aromatic N) is 3. The maximum atomic E-state index is 6.32. The Morgan fingerprint density at radius 3 is 2.38 bits per heavy atom. The highest BCUT2D eigenvalue weighted by Gasteiger charge is 2.13. The van der Waals surface area contributed by atoms with E-state index in [9.17, 15) is 0 Å². The maximum absolute atomic E-state index is 6.32. The topological polar surface area (TPSA) is 99.5 Å². The van der Waals surface area contributed by atoms with Gasteiger partial charge >= 0.3 is 0 Å². The molecule has 4 N–H and O–H groups in total. The number of methoxy groups -OCH3 is 1. The predicted octanol–water partition coefficient (Wildman–Crippen LogP) is 3.97. The molecule has 3 heterocycles. The Morgan fingerprint density at radius 2 is 1.66 bits per heavy atom. The molecule has 1 fully saturated rings. The molecular formula is C25H25N5O2. The minimum Gasteiger partial charge on any atom is -0.480 e. The molecule has 162 valence electrons. The first-order valence-electron chi connectivity index (χ1n) is 10.6. The zero-order valence-corrected chi connectivity index (χ0v) is 17.9. The van der Waals surface area contributed by atoms with Crippen molar-refractivity contribution in [1.82, 2.24) is 9.97 Å². The molecule has 32 heavy (non-hydrogen) atoms. The van der Waals surface area contributed by atoms with Gasteiger partial charge < -0.3 is 25.8 Å². The Hall–Kier alpha value is -3.84. The number of anilines is 3. The summed E-state index contributed by atoms with van der Waals surface area (Å²) in [5, 5.41) is 0.998. The van der Waals surface area contributed by atoms with Crippen LogP contribution in [0.1, 0.15) is 0 Å². The number of nitrogens with two attached hydrogens (primary N) is 2. The van der Waals surface area contributed by atoms with Gasteiger partial charge in [0, 0.05) is 41.5 Å². The van der Waals surface area contributed by atoms with Gasteiger partial charge in [0.05, 0.1) is 31.5 Å². The molecule has 1 aliphatic heterocycles. The van der Waals surface area contributed by atoms with Crippen LogP contribution in [0.25, 0.3) is 33.2 Å². The van der Waals surface area contributed by atoms with Crippen molar-refractivity contribution in [2.45, 2.75) is 0 Å². The van der Waals surface area contributed by atoms with E-state index < -0.39 is 0 Å². The van der Waals surface area contributed by atoms with E-state index in [1.165, 1.54) is 5.69 Å². The van der Waals surface area contributed by atoms with Crippen molar-refractivity contribution >= 4 is 28.1 Å². The third-order valence-corrected chi connectivity index (χ3v) is 5.80. The molecule has 4 aromatic rings. The molecule has 7 nitrogen and oxygen atoms in total. The predicted molar refractivity (Wildman–Crippen MR) is 129 cm³/mol. The van der Waals surface area contributed by atoms with Gasteiger partial charge in [-0.2, -0.15) is 0 Å². The molecule has 5 rings (SSSR count). The van der Waals surface area contributed by atoms with Crippen LogP contribution >= 0.6 is 0 Å². The standard InChI is InChI=1S/C25H25N5O2/c1-31-25-22(26)14-19(15-28-25)17-4-7-23-18(12-17)13-21(24(27)29-23)16-2-5-20(6-3-16)30-8-10-32-11-9-30/h2-7,12-15H,8-11,26H2,1H3,(H2,27,29). The molecule has 7 heteroatoms. The summed E-state index contributed by atoms with van der Waals surface area (Å²) in [6, 6.07) is 18.5. The molecule has 0 amide bonds. The van der Waals surface area contributed by atoms with Crippen molar-refractivity contribution in [1.29, 1.82) is 0 Å². The number of aromatic nitrogens is 2. The van der Waals surface area contributed by atoms with Crippen LogP contribution < -0.4 is 21.1 Å². The van der Waals surface area contributed by atoms with Gasteiger partial charge in [0.1, 0.15) is 5.82 Å². The van der Waals surface area contributed by atoms with Crippen LogP contribution in [0, 0.1) is 0 Å². The fourth-order valence-electron chi connectivity index (χ4n) is 4.07. The van der Waals surface area contributed by atoms with Gasteiger partial charge in [0.2, 0.25) is 5.88 Å². The van der Waals surface area contributed by atoms with Crippen molar-refractivity contribution in [3.63, 3.8) is 0 Å². The van der Waals surface area contributed by atoms with Crippen LogP contribution in [-0.2, 0) is 4.74 Å². The first-order valence-corrected chi connectivity index (χ1v) is 10.6. The van der Waals surface area contributed by atoms with E-state index in [1.807, 2.05) is 18.2 Å². The summed E-state index contributed by atoms with van der Waals surface area (Å²) in [7, 11) is 1.56. The lowest BCUT2D eigenvalue weighted by Crippen LogP contribution is -2.36. The minimum absolute atomic E-state index is 0.423. The summed E-state index contributed by atoms with van der Waals surface area (Å²) in [5.74, 6) is 0.937. The minimum atomic E-state index is 0.423. The first-order chi connectivity index (χ1) is 15.6. The van der Waals surface area contributed by atoms with E-state index in [1.54, 1.807) is 13.3 Å². The maximum Gasteiger partial charge on any atom is 0.236 e. The molecule has 0 spiro atoms. The smallest absolute Gasteiger partial charge is 0.236 e. The second-order valence-corrected chi connectivity index (χ2v) is 7.80. The van der Waals surface area contributed by atoms with E-state index >= 15 is 0 Å². The van der Waals surface area contributed by atoms with E-state index in [4.69, 9.17) is 20.9 Å². The van der Waals surface area contributed by atoms with Gasteiger partial charge in [-0.1, -0.05) is 18.2 Å². The number of rotatable bonds is 4. The summed E-state index contributed by atoms with van der Waals surface area (Å²) in [4.78, 5) is 11.2. The van der Waals surface area contributed by atoms with Gasteiger partial charge in [-0.05, 0) is 47.5 Å². The van der Waals surface area contributed by atoms with Crippen LogP contribution in [0.4, 0.5) is 17.2 Å². The highest BCUT2D eigenvalue weighted by molar-refractivity contribution is 5.91. The highest BCUT2D eigenvalue weighted by atomic mass is 16.5. The number of hydrogen-bond acceptors (Lipinski definition) is 7. The van der Waals surface area contributed by atoms with Crippen LogP contribution in [0.3, 0.4) is 0 Å². The Kier molecular flexibility index (Phi) is 5.25. The molecule has 0 unspecified atom stereocenters. The lowest BCUT2D eigenvalue weighted by Gasteiger charge is -2.29. The van der Waals surface area contributed by atoms with Gasteiger partial charge in [0.15, 0.2) is 0 Å². The van der Waals surface area contributed by atoms with Gasteiger partial charge in [-0.3, -0.25) is 0 Å². The number of hydrogen-bond donors (Lipinski definition) is 2. The molecule has 2 aromatic carbocycles. The summed E-state index contributed by atoms with van der Waals surface area (Å²) in [6.07, 6.45) is 1.76. The molecule has 1 saturated heterocycles. The molecule has 0 saturated carbocycles. The average molecular weight is 428 g/mol. The number of morpholine rings is 1. The third-order valence-electron chi connectivity index (χ3n) is 5.80. The largest absolute Gasteiger partial charge is 0.480 e. The molecule has 0 aliphatic carbocycles. The Morgan fingerprint density at radius 1 is 0.906 bits per heavy atom. The lowest BCUT2D eigenvalue weighted by molar-refractivity contribution is 0.122. The zero-order valence-electron chi connectivity index (χ0n) is 17.9. The summed E-state index contributed by atoms with van der Waals surface area (Å²) >= 11 is 0. The Labute approximate surface area is 186 Å². The van der Waals surface area contributed by atoms with E-state index in [0.29, 0.717) is 17.4 Å². The van der Waals surface area contributed by atoms with Gasteiger partial charge in [-0.15, -0.1) is 0 Å².